The summed E-state index contributed by atoms with van der Waals surface area (Å²) in [5.74, 6) is 1.56. The summed E-state index contributed by atoms with van der Waals surface area (Å²) in [7, 11) is 4.04. The number of nitriles is 1. The zero-order valence-corrected chi connectivity index (χ0v) is 22.0. The van der Waals surface area contributed by atoms with Gasteiger partial charge in [-0.25, -0.2) is 0 Å². The van der Waals surface area contributed by atoms with Gasteiger partial charge >= 0.3 is 0 Å². The Morgan fingerprint density at radius 3 is 2.76 bits per heavy atom. The van der Waals surface area contributed by atoms with Crippen LogP contribution in [0.2, 0.25) is 0 Å². The Labute approximate surface area is 219 Å². The van der Waals surface area contributed by atoms with E-state index < -0.39 is 5.91 Å². The van der Waals surface area contributed by atoms with E-state index >= 15 is 0 Å². The number of likely N-dealkylation sites (N-methyl/N-ethyl adjacent to an activating group) is 2. The number of likely N-dealkylation sites (tertiary alicyclic amines) is 1. The molecule has 1 fully saturated rings. The zero-order valence-electron chi connectivity index (χ0n) is 21.2. The van der Waals surface area contributed by atoms with Gasteiger partial charge in [0.1, 0.15) is 15.3 Å². The molecule has 2 heterocycles. The molecule has 0 radical (unpaired) electrons. The normalized spacial score (nSPS) is 16.7. The summed E-state index contributed by atoms with van der Waals surface area (Å²) in [6.45, 7) is 4.31. The first kappa shape index (κ1) is 27.7. The van der Waals surface area contributed by atoms with E-state index in [1.807, 2.05) is 13.1 Å². The van der Waals surface area contributed by atoms with Gasteiger partial charge in [-0.3, -0.25) is 23.9 Å². The van der Waals surface area contributed by atoms with E-state index in [1.165, 1.54) is 10.8 Å². The van der Waals surface area contributed by atoms with Crippen LogP contribution in [0.5, 0.6) is 0 Å². The molecule has 3 N–H and O–H groups in total. The van der Waals surface area contributed by atoms with Gasteiger partial charge in [-0.1, -0.05) is 12.0 Å². The highest BCUT2D eigenvalue weighted by molar-refractivity contribution is 7.07. The minimum atomic E-state index is -0.627. The van der Waals surface area contributed by atoms with E-state index in [1.54, 1.807) is 31.2 Å². The van der Waals surface area contributed by atoms with Gasteiger partial charge in [0.15, 0.2) is 5.57 Å². The van der Waals surface area contributed by atoms with Gasteiger partial charge in [-0.15, -0.1) is 17.8 Å². The third-order valence-electron chi connectivity index (χ3n) is 6.03. The van der Waals surface area contributed by atoms with Crippen molar-refractivity contribution in [2.75, 3.05) is 50.9 Å². The lowest BCUT2D eigenvalue weighted by atomic mass is 10.2. The molecule has 10 nitrogen and oxygen atoms in total. The number of nitrogens with one attached hydrogen (secondary N) is 3. The van der Waals surface area contributed by atoms with Crippen molar-refractivity contribution in [1.29, 1.82) is 5.26 Å². The quantitative estimate of drug-likeness (QED) is 0.390. The molecule has 0 bridgehead atoms. The average molecular weight is 522 g/mol. The van der Waals surface area contributed by atoms with Gasteiger partial charge in [0.2, 0.25) is 5.91 Å². The predicted molar refractivity (Wildman–Crippen MR) is 146 cm³/mol. The summed E-state index contributed by atoms with van der Waals surface area (Å²) >= 11 is 1.04. The number of carbonyl (C=O) groups is 2. The maximum Gasteiger partial charge on any atom is 0.270 e. The van der Waals surface area contributed by atoms with Crippen LogP contribution in [-0.4, -0.2) is 72.5 Å². The van der Waals surface area contributed by atoms with E-state index in [4.69, 9.17) is 6.42 Å². The Morgan fingerprint density at radius 2 is 2.11 bits per heavy atom. The van der Waals surface area contributed by atoms with Crippen molar-refractivity contribution in [3.05, 3.63) is 43.8 Å². The predicted octanol–water partition coefficient (Wildman–Crippen LogP) is -0.222. The van der Waals surface area contributed by atoms with Gasteiger partial charge in [0.25, 0.3) is 11.5 Å². The molecular formula is C26H31N7O3S. The zero-order chi connectivity index (χ0) is 26.9. The Kier molecular flexibility index (Phi) is 9.64. The molecule has 194 valence electrons. The number of amides is 2. The van der Waals surface area contributed by atoms with Crippen LogP contribution >= 0.6 is 11.3 Å². The molecule has 1 aromatic heterocycles. The number of hydrogen-bond acceptors (Lipinski definition) is 8. The maximum absolute atomic E-state index is 12.9. The largest absolute Gasteiger partial charge is 0.360 e. The molecule has 2 aromatic rings. The summed E-state index contributed by atoms with van der Waals surface area (Å²) in [4.78, 5) is 42.1. The van der Waals surface area contributed by atoms with Crippen molar-refractivity contribution in [1.82, 2.24) is 19.7 Å². The van der Waals surface area contributed by atoms with E-state index in [-0.39, 0.29) is 28.2 Å². The summed E-state index contributed by atoms with van der Waals surface area (Å²) in [6, 6.07) is 9.41. The lowest BCUT2D eigenvalue weighted by molar-refractivity contribution is -0.117. The summed E-state index contributed by atoms with van der Waals surface area (Å²) in [5, 5.41) is 18.0. The smallest absolute Gasteiger partial charge is 0.270 e. The number of nitrogens with zero attached hydrogens (tertiary/aromatic N) is 4. The lowest BCUT2D eigenvalue weighted by Crippen LogP contribution is -2.39. The summed E-state index contributed by atoms with van der Waals surface area (Å²) in [6.07, 6.45) is 7.75. The number of terminal acetylenes is 1. The first-order valence-electron chi connectivity index (χ1n) is 11.9. The van der Waals surface area contributed by atoms with Gasteiger partial charge in [0, 0.05) is 36.7 Å². The highest BCUT2D eigenvalue weighted by Gasteiger charge is 2.24. The highest BCUT2D eigenvalue weighted by Crippen LogP contribution is 2.16. The molecule has 3 rings (SSSR count). The molecule has 1 unspecified atom stereocenters. The number of benzene rings is 1. The van der Waals surface area contributed by atoms with E-state index in [9.17, 15) is 19.6 Å². The molecule has 1 aromatic carbocycles. The second-order valence-electron chi connectivity index (χ2n) is 8.73. The molecule has 2 amide bonds. The first-order valence-corrected chi connectivity index (χ1v) is 12.7. The fourth-order valence-corrected chi connectivity index (χ4v) is 5.16. The SMILES string of the molecule is C#CCNC(=O)C(C#N)=c1sc(=CNc2cccc(NC(=O)CN(C)C3CCN(C)C3)c2)c(=O)n1CC. The van der Waals surface area contributed by atoms with Gasteiger partial charge < -0.3 is 20.9 Å². The van der Waals surface area contributed by atoms with E-state index in [0.717, 1.165) is 30.8 Å². The van der Waals surface area contributed by atoms with Crippen molar-refractivity contribution < 1.29 is 9.59 Å². The van der Waals surface area contributed by atoms with Crippen LogP contribution in [0, 0.1) is 23.7 Å². The average Bonchev–Trinajstić information content (AvgIpc) is 3.44. The second-order valence-corrected chi connectivity index (χ2v) is 9.76. The van der Waals surface area contributed by atoms with Crippen molar-refractivity contribution in [3.63, 3.8) is 0 Å². The molecule has 1 saturated heterocycles. The monoisotopic (exact) mass is 521 g/mol. The molecule has 1 atom stereocenters. The fraction of sp³-hybridized carbons (Fsp3) is 0.385. The number of thiazole rings is 1. The molecular weight excluding hydrogens is 490 g/mol. The Balaban J connectivity index is 1.77. The number of rotatable bonds is 9. The lowest BCUT2D eigenvalue weighted by Gasteiger charge is -2.23. The van der Waals surface area contributed by atoms with Crippen LogP contribution in [-0.2, 0) is 16.1 Å². The minimum Gasteiger partial charge on any atom is -0.360 e. The van der Waals surface area contributed by atoms with Gasteiger partial charge in [-0.2, -0.15) is 5.26 Å². The molecule has 0 aliphatic carbocycles. The van der Waals surface area contributed by atoms with E-state index in [0.29, 0.717) is 35.0 Å². The third kappa shape index (κ3) is 7.08. The van der Waals surface area contributed by atoms with Crippen LogP contribution in [0.25, 0.3) is 11.8 Å². The van der Waals surface area contributed by atoms with Crippen molar-refractivity contribution >= 4 is 46.3 Å². The Morgan fingerprint density at radius 1 is 1.35 bits per heavy atom. The van der Waals surface area contributed by atoms with Crippen LogP contribution in [0.4, 0.5) is 11.4 Å². The summed E-state index contributed by atoms with van der Waals surface area (Å²) in [5.41, 5.74) is 0.802. The third-order valence-corrected chi connectivity index (χ3v) is 7.16. The highest BCUT2D eigenvalue weighted by atomic mass is 32.1. The fourth-order valence-electron chi connectivity index (χ4n) is 4.07. The Hall–Kier alpha value is -3.90. The number of carbonyl (C=O) groups excluding carboxylic acids is 2. The Bertz CT molecular complexity index is 1410. The molecule has 1 aliphatic heterocycles. The topological polar surface area (TPSA) is 122 Å². The van der Waals surface area contributed by atoms with Crippen molar-refractivity contribution in [3.8, 4) is 18.4 Å². The van der Waals surface area contributed by atoms with Crippen LogP contribution in [0.15, 0.2) is 29.1 Å². The summed E-state index contributed by atoms with van der Waals surface area (Å²) < 4.78 is 1.96. The number of hydrogen-bond donors (Lipinski definition) is 3. The van der Waals surface area contributed by atoms with Crippen LogP contribution in [0.3, 0.4) is 0 Å². The van der Waals surface area contributed by atoms with Crippen molar-refractivity contribution in [2.45, 2.75) is 25.9 Å². The molecule has 37 heavy (non-hydrogen) atoms. The molecule has 0 spiro atoms. The van der Waals surface area contributed by atoms with Gasteiger partial charge in [0.05, 0.1) is 13.1 Å². The molecule has 0 saturated carbocycles. The standard InChI is InChI=1S/C26H31N7O3S/c1-5-11-28-24(35)21(14-27)26-33(6-2)25(36)22(37-26)15-29-18-8-7-9-19(13-18)30-23(34)17-32(4)20-10-12-31(3)16-20/h1,7-9,13,15,20,29H,6,10-12,16-17H2,2-4H3,(H,28,35)(H,30,34). The molecule has 11 heteroatoms. The minimum absolute atomic E-state index is 0.0205. The molecule has 1 aliphatic rings. The van der Waals surface area contributed by atoms with E-state index in [2.05, 4.69) is 38.7 Å². The maximum atomic E-state index is 12.9. The van der Waals surface area contributed by atoms with Crippen LogP contribution < -0.4 is 30.7 Å². The van der Waals surface area contributed by atoms with Crippen molar-refractivity contribution in [2.24, 2.45) is 0 Å². The van der Waals surface area contributed by atoms with Crippen LogP contribution in [0.1, 0.15) is 13.3 Å². The number of anilines is 2. The van der Waals surface area contributed by atoms with Gasteiger partial charge in [-0.05, 0) is 52.2 Å². The second kappa shape index (κ2) is 12.9. The first-order chi connectivity index (χ1) is 17.8. The number of aromatic nitrogens is 1.